The van der Waals surface area contributed by atoms with E-state index in [9.17, 15) is 13.6 Å². The third-order valence-electron chi connectivity index (χ3n) is 6.90. The standard InChI is InChI=1S/C26H38F2O5.C4H8O2/c1-4-5-6-7-20-8-14-24(15-9-20)33-26(27,28)23-12-10-21(11-13-23)22(17-31-3)18-32-25(30)19(2)16-29;1-4(2-5)3-6/h8-9,14-15,21-23,29H,2,4-7,10-13,16-18H2,1,3H3;5-6H,1-3H2. The van der Waals surface area contributed by atoms with Crippen molar-refractivity contribution in [2.75, 3.05) is 40.1 Å². The van der Waals surface area contributed by atoms with Crippen molar-refractivity contribution in [3.8, 4) is 5.75 Å². The number of alkyl halides is 2. The summed E-state index contributed by atoms with van der Waals surface area (Å²) in [4.78, 5) is 11.8. The quantitative estimate of drug-likeness (QED) is 0.113. The molecule has 0 radical (unpaired) electrons. The molecule has 1 unspecified atom stereocenters. The van der Waals surface area contributed by atoms with E-state index in [0.717, 1.165) is 31.2 Å². The minimum atomic E-state index is -3.24. The highest BCUT2D eigenvalue weighted by molar-refractivity contribution is 5.87. The molecular formula is C30H46F2O7. The van der Waals surface area contributed by atoms with Gasteiger partial charge < -0.3 is 29.5 Å². The predicted molar refractivity (Wildman–Crippen MR) is 147 cm³/mol. The number of carbonyl (C=O) groups is 1. The minimum Gasteiger partial charge on any atom is -0.462 e. The first-order chi connectivity index (χ1) is 18.6. The molecule has 1 aromatic carbocycles. The van der Waals surface area contributed by atoms with Gasteiger partial charge in [0, 0.05) is 13.0 Å². The van der Waals surface area contributed by atoms with Crippen molar-refractivity contribution in [2.24, 2.45) is 17.8 Å². The molecule has 39 heavy (non-hydrogen) atoms. The average molecular weight is 557 g/mol. The predicted octanol–water partition coefficient (Wildman–Crippen LogP) is 5.08. The van der Waals surface area contributed by atoms with Crippen molar-refractivity contribution < 1.29 is 43.1 Å². The molecule has 1 fully saturated rings. The Hall–Kier alpha value is -2.33. The number of rotatable bonds is 16. The van der Waals surface area contributed by atoms with Gasteiger partial charge in [0.05, 0.1) is 44.5 Å². The van der Waals surface area contributed by atoms with Crippen molar-refractivity contribution in [3.63, 3.8) is 0 Å². The minimum absolute atomic E-state index is 0.0133. The lowest BCUT2D eigenvalue weighted by Gasteiger charge is -2.36. The highest BCUT2D eigenvalue weighted by Gasteiger charge is 2.45. The van der Waals surface area contributed by atoms with Crippen LogP contribution in [0.15, 0.2) is 48.6 Å². The molecule has 0 heterocycles. The zero-order valence-corrected chi connectivity index (χ0v) is 23.4. The van der Waals surface area contributed by atoms with Gasteiger partial charge in [-0.2, -0.15) is 8.78 Å². The van der Waals surface area contributed by atoms with Gasteiger partial charge in [0.1, 0.15) is 5.75 Å². The summed E-state index contributed by atoms with van der Waals surface area (Å²) in [6, 6.07) is 6.98. The molecule has 1 saturated carbocycles. The fourth-order valence-corrected chi connectivity index (χ4v) is 4.40. The lowest BCUT2D eigenvalue weighted by Crippen LogP contribution is -2.39. The highest BCUT2D eigenvalue weighted by Crippen LogP contribution is 2.42. The van der Waals surface area contributed by atoms with Crippen LogP contribution in [0.5, 0.6) is 5.75 Å². The van der Waals surface area contributed by atoms with E-state index in [0.29, 0.717) is 37.9 Å². The number of aryl methyl sites for hydroxylation is 1. The lowest BCUT2D eigenvalue weighted by molar-refractivity contribution is -0.224. The SMILES string of the molecule is C=C(CO)C(=O)OCC(COC)C1CCC(C(F)(F)Oc2ccc(CCCCC)cc2)CC1.C=C(CO)CO. The normalized spacial score (nSPS) is 17.9. The van der Waals surface area contributed by atoms with Crippen LogP contribution in [0.3, 0.4) is 0 Å². The summed E-state index contributed by atoms with van der Waals surface area (Å²) in [7, 11) is 1.56. The van der Waals surface area contributed by atoms with Crippen LogP contribution >= 0.6 is 0 Å². The second-order valence-electron chi connectivity index (χ2n) is 10.0. The van der Waals surface area contributed by atoms with E-state index in [1.54, 1.807) is 19.2 Å². The first-order valence-electron chi connectivity index (χ1n) is 13.6. The fraction of sp³-hybridized carbons (Fsp3) is 0.633. The van der Waals surface area contributed by atoms with Crippen LogP contribution in [-0.2, 0) is 20.7 Å². The first-order valence-corrected chi connectivity index (χ1v) is 13.6. The molecule has 0 aromatic heterocycles. The van der Waals surface area contributed by atoms with Gasteiger partial charge in [0.25, 0.3) is 0 Å². The number of esters is 1. The fourth-order valence-electron chi connectivity index (χ4n) is 4.40. The Morgan fingerprint density at radius 3 is 2.10 bits per heavy atom. The first kappa shape index (κ1) is 34.7. The topological polar surface area (TPSA) is 105 Å². The summed E-state index contributed by atoms with van der Waals surface area (Å²) in [5, 5.41) is 25.1. The second-order valence-corrected chi connectivity index (χ2v) is 10.0. The van der Waals surface area contributed by atoms with Crippen LogP contribution in [-0.4, -0.2) is 67.5 Å². The number of aliphatic hydroxyl groups is 3. The molecule has 0 aliphatic heterocycles. The van der Waals surface area contributed by atoms with E-state index < -0.39 is 24.6 Å². The molecule has 9 heteroatoms. The van der Waals surface area contributed by atoms with Crippen molar-refractivity contribution in [2.45, 2.75) is 64.4 Å². The average Bonchev–Trinajstić information content (AvgIpc) is 2.95. The summed E-state index contributed by atoms with van der Waals surface area (Å²) in [5.41, 5.74) is 1.57. The number of unbranched alkanes of at least 4 members (excludes halogenated alkanes) is 2. The Morgan fingerprint density at radius 1 is 1.00 bits per heavy atom. The number of methoxy groups -OCH3 is 1. The van der Waals surface area contributed by atoms with E-state index in [4.69, 9.17) is 29.5 Å². The molecule has 0 amide bonds. The Kier molecular flexibility index (Phi) is 16.8. The maximum Gasteiger partial charge on any atom is 0.400 e. The number of ether oxygens (including phenoxy) is 3. The molecule has 0 bridgehead atoms. The molecule has 7 nitrogen and oxygen atoms in total. The zero-order valence-electron chi connectivity index (χ0n) is 23.4. The molecule has 1 aliphatic carbocycles. The molecule has 1 aromatic rings. The van der Waals surface area contributed by atoms with Gasteiger partial charge in [-0.3, -0.25) is 0 Å². The number of hydrogen-bond acceptors (Lipinski definition) is 7. The van der Waals surface area contributed by atoms with E-state index in [1.807, 2.05) is 12.1 Å². The molecular weight excluding hydrogens is 510 g/mol. The van der Waals surface area contributed by atoms with Gasteiger partial charge in [-0.1, -0.05) is 45.1 Å². The number of halogens is 2. The maximum atomic E-state index is 14.9. The van der Waals surface area contributed by atoms with E-state index in [1.165, 1.54) is 0 Å². The number of hydrogen-bond donors (Lipinski definition) is 3. The van der Waals surface area contributed by atoms with Gasteiger partial charge in [0.2, 0.25) is 0 Å². The Morgan fingerprint density at radius 2 is 1.62 bits per heavy atom. The molecule has 0 saturated heterocycles. The van der Waals surface area contributed by atoms with Crippen LogP contribution in [0.1, 0.15) is 57.4 Å². The van der Waals surface area contributed by atoms with E-state index >= 15 is 0 Å². The van der Waals surface area contributed by atoms with Crippen molar-refractivity contribution in [3.05, 3.63) is 54.1 Å². The van der Waals surface area contributed by atoms with Crippen LogP contribution in [0.25, 0.3) is 0 Å². The summed E-state index contributed by atoms with van der Waals surface area (Å²) >= 11 is 0. The maximum absolute atomic E-state index is 14.9. The van der Waals surface area contributed by atoms with Gasteiger partial charge in [-0.05, 0) is 67.7 Å². The molecule has 1 aliphatic rings. The van der Waals surface area contributed by atoms with E-state index in [2.05, 4.69) is 20.1 Å². The van der Waals surface area contributed by atoms with Gasteiger partial charge >= 0.3 is 12.1 Å². The zero-order chi connectivity index (χ0) is 29.3. The molecule has 3 N–H and O–H groups in total. The number of carbonyl (C=O) groups excluding carboxylic acids is 1. The largest absolute Gasteiger partial charge is 0.462 e. The van der Waals surface area contributed by atoms with Crippen LogP contribution in [0.4, 0.5) is 8.78 Å². The molecule has 0 spiro atoms. The monoisotopic (exact) mass is 556 g/mol. The van der Waals surface area contributed by atoms with Crippen LogP contribution in [0, 0.1) is 17.8 Å². The summed E-state index contributed by atoms with van der Waals surface area (Å²) in [6.45, 7) is 8.67. The number of benzene rings is 1. The van der Waals surface area contributed by atoms with Crippen LogP contribution < -0.4 is 4.74 Å². The smallest absolute Gasteiger partial charge is 0.400 e. The van der Waals surface area contributed by atoms with E-state index in [-0.39, 0.29) is 43.0 Å². The van der Waals surface area contributed by atoms with Crippen LogP contribution in [0.2, 0.25) is 0 Å². The molecule has 2 rings (SSSR count). The van der Waals surface area contributed by atoms with Gasteiger partial charge in [0.15, 0.2) is 0 Å². The second kappa shape index (κ2) is 18.9. The third kappa shape index (κ3) is 13.0. The lowest BCUT2D eigenvalue weighted by atomic mass is 9.75. The Bertz CT molecular complexity index is 843. The Balaban J connectivity index is 0.00000113. The summed E-state index contributed by atoms with van der Waals surface area (Å²) in [5.74, 6) is -1.31. The van der Waals surface area contributed by atoms with Gasteiger partial charge in [-0.25, -0.2) is 4.79 Å². The summed E-state index contributed by atoms with van der Waals surface area (Å²) in [6.07, 6.45) is 2.90. The van der Waals surface area contributed by atoms with Crippen molar-refractivity contribution in [1.82, 2.24) is 0 Å². The summed E-state index contributed by atoms with van der Waals surface area (Å²) < 4.78 is 45.3. The molecule has 1 atom stereocenters. The van der Waals surface area contributed by atoms with Crippen molar-refractivity contribution >= 4 is 5.97 Å². The van der Waals surface area contributed by atoms with Crippen molar-refractivity contribution in [1.29, 1.82) is 0 Å². The molecule has 222 valence electrons. The Labute approximate surface area is 231 Å². The van der Waals surface area contributed by atoms with Gasteiger partial charge in [-0.15, -0.1) is 0 Å². The number of aliphatic hydroxyl groups excluding tert-OH is 3. The highest BCUT2D eigenvalue weighted by atomic mass is 19.3. The third-order valence-corrected chi connectivity index (χ3v) is 6.90.